The largest absolute Gasteiger partial charge is 0.396 e. The molecule has 15 heavy (non-hydrogen) atoms. The second kappa shape index (κ2) is 6.19. The van der Waals surface area contributed by atoms with Gasteiger partial charge < -0.3 is 16.2 Å². The molecule has 5 nitrogen and oxygen atoms in total. The lowest BCUT2D eigenvalue weighted by Crippen LogP contribution is -2.09. The maximum absolute atomic E-state index is 8.83. The van der Waals surface area contributed by atoms with Crippen molar-refractivity contribution in [3.63, 3.8) is 0 Å². The summed E-state index contributed by atoms with van der Waals surface area (Å²) < 4.78 is 0. The fourth-order valence-electron chi connectivity index (χ4n) is 1.24. The van der Waals surface area contributed by atoms with Gasteiger partial charge in [-0.25, -0.2) is 9.97 Å². The van der Waals surface area contributed by atoms with E-state index < -0.39 is 0 Å². The first-order valence-corrected chi connectivity index (χ1v) is 5.14. The van der Waals surface area contributed by atoms with Crippen LogP contribution in [0, 0.1) is 5.92 Å². The van der Waals surface area contributed by atoms with Crippen molar-refractivity contribution in [2.24, 2.45) is 5.92 Å². The molecule has 0 saturated carbocycles. The average Bonchev–Trinajstić information content (AvgIpc) is 2.26. The molecule has 0 aliphatic carbocycles. The predicted octanol–water partition coefficient (Wildman–Crippen LogP) is 0.879. The first-order valence-electron chi connectivity index (χ1n) is 5.14. The Balaban J connectivity index is 2.23. The summed E-state index contributed by atoms with van der Waals surface area (Å²) in [6.45, 7) is 3.08. The van der Waals surface area contributed by atoms with Crippen LogP contribution in [0.1, 0.15) is 19.8 Å². The maximum atomic E-state index is 8.83. The zero-order chi connectivity index (χ0) is 11.1. The Hall–Kier alpha value is -1.36. The number of aliphatic hydroxyl groups is 1. The predicted molar refractivity (Wildman–Crippen MR) is 60.4 cm³/mol. The van der Waals surface area contributed by atoms with Crippen LogP contribution < -0.4 is 11.1 Å². The topological polar surface area (TPSA) is 84.1 Å². The van der Waals surface area contributed by atoms with Gasteiger partial charge in [0.25, 0.3) is 0 Å². The Kier molecular flexibility index (Phi) is 4.83. The summed E-state index contributed by atoms with van der Waals surface area (Å²) in [5.74, 6) is 1.04. The van der Waals surface area contributed by atoms with Crippen LogP contribution in [0.4, 0.5) is 11.5 Å². The molecule has 0 aliphatic heterocycles. The van der Waals surface area contributed by atoms with Crippen molar-refractivity contribution in [1.29, 1.82) is 0 Å². The Labute approximate surface area is 89.7 Å². The molecule has 0 spiro atoms. The van der Waals surface area contributed by atoms with Crippen LogP contribution in [-0.2, 0) is 0 Å². The van der Waals surface area contributed by atoms with Gasteiger partial charge in [-0.3, -0.25) is 0 Å². The Morgan fingerprint density at radius 2 is 2.40 bits per heavy atom. The van der Waals surface area contributed by atoms with Crippen molar-refractivity contribution < 1.29 is 5.11 Å². The van der Waals surface area contributed by atoms with Gasteiger partial charge >= 0.3 is 0 Å². The maximum Gasteiger partial charge on any atom is 0.152 e. The number of nitrogen functional groups attached to an aromatic ring is 1. The third-order valence-electron chi connectivity index (χ3n) is 2.22. The quantitative estimate of drug-likeness (QED) is 0.607. The molecule has 4 N–H and O–H groups in total. The van der Waals surface area contributed by atoms with Gasteiger partial charge in [-0.2, -0.15) is 0 Å². The zero-order valence-electron chi connectivity index (χ0n) is 8.98. The minimum atomic E-state index is 0.246. The van der Waals surface area contributed by atoms with Crippen LogP contribution >= 0.6 is 0 Å². The van der Waals surface area contributed by atoms with Crippen molar-refractivity contribution in [2.75, 3.05) is 24.2 Å². The van der Waals surface area contributed by atoms with E-state index in [1.165, 1.54) is 6.33 Å². The van der Waals surface area contributed by atoms with Crippen molar-refractivity contribution in [2.45, 2.75) is 19.8 Å². The van der Waals surface area contributed by atoms with Gasteiger partial charge in [-0.05, 0) is 18.8 Å². The number of nitrogens with zero attached hydrogens (tertiary/aromatic N) is 2. The van der Waals surface area contributed by atoms with Crippen molar-refractivity contribution in [1.82, 2.24) is 9.97 Å². The minimum Gasteiger partial charge on any atom is -0.396 e. The van der Waals surface area contributed by atoms with Gasteiger partial charge in [0, 0.05) is 13.2 Å². The van der Waals surface area contributed by atoms with Gasteiger partial charge in [0.1, 0.15) is 6.33 Å². The van der Waals surface area contributed by atoms with E-state index in [2.05, 4.69) is 15.3 Å². The molecule has 1 aromatic rings. The molecule has 0 saturated heterocycles. The third-order valence-corrected chi connectivity index (χ3v) is 2.22. The molecule has 0 bridgehead atoms. The van der Waals surface area contributed by atoms with Crippen LogP contribution in [-0.4, -0.2) is 28.2 Å². The summed E-state index contributed by atoms with van der Waals surface area (Å²) >= 11 is 0. The van der Waals surface area contributed by atoms with Gasteiger partial charge in [-0.15, -0.1) is 0 Å². The number of rotatable bonds is 6. The van der Waals surface area contributed by atoms with E-state index in [-0.39, 0.29) is 6.61 Å². The van der Waals surface area contributed by atoms with Crippen molar-refractivity contribution >= 4 is 11.5 Å². The van der Waals surface area contributed by atoms with E-state index in [0.29, 0.717) is 17.4 Å². The minimum absolute atomic E-state index is 0.246. The summed E-state index contributed by atoms with van der Waals surface area (Å²) in [5, 5.41) is 12.0. The van der Waals surface area contributed by atoms with Gasteiger partial charge in [0.05, 0.1) is 11.9 Å². The fraction of sp³-hybridized carbons (Fsp3) is 0.600. The summed E-state index contributed by atoms with van der Waals surface area (Å²) in [4.78, 5) is 7.82. The molecule has 0 radical (unpaired) electrons. The van der Waals surface area contributed by atoms with Crippen LogP contribution in [0.2, 0.25) is 0 Å². The zero-order valence-corrected chi connectivity index (χ0v) is 8.98. The lowest BCUT2D eigenvalue weighted by molar-refractivity contribution is 0.229. The molecule has 1 heterocycles. The molecule has 1 aromatic heterocycles. The standard InChI is InChI=1S/C10H18N4O/c1-8(6-15)3-2-4-13-10-9(11)5-12-7-14-10/h5,7-8,15H,2-4,6,11H2,1H3,(H,12,13,14). The van der Waals surface area contributed by atoms with E-state index in [1.54, 1.807) is 6.20 Å². The molecule has 1 rings (SSSR count). The SMILES string of the molecule is CC(CO)CCCNc1ncncc1N. The van der Waals surface area contributed by atoms with E-state index >= 15 is 0 Å². The first-order chi connectivity index (χ1) is 7.24. The number of aliphatic hydroxyl groups excluding tert-OH is 1. The molecule has 0 fully saturated rings. The second-order valence-electron chi connectivity index (χ2n) is 3.68. The molecular weight excluding hydrogens is 192 g/mol. The Morgan fingerprint density at radius 1 is 1.60 bits per heavy atom. The lowest BCUT2D eigenvalue weighted by atomic mass is 10.1. The summed E-state index contributed by atoms with van der Waals surface area (Å²) in [6.07, 6.45) is 5.03. The van der Waals surface area contributed by atoms with E-state index in [0.717, 1.165) is 19.4 Å². The monoisotopic (exact) mass is 210 g/mol. The molecule has 84 valence electrons. The van der Waals surface area contributed by atoms with E-state index in [4.69, 9.17) is 10.8 Å². The average molecular weight is 210 g/mol. The number of nitrogens with two attached hydrogens (primary N) is 1. The highest BCUT2D eigenvalue weighted by Gasteiger charge is 2.01. The molecule has 0 amide bonds. The van der Waals surface area contributed by atoms with E-state index in [1.807, 2.05) is 6.92 Å². The number of aromatic nitrogens is 2. The normalized spacial score (nSPS) is 12.4. The van der Waals surface area contributed by atoms with Crippen LogP contribution in [0.15, 0.2) is 12.5 Å². The fourth-order valence-corrected chi connectivity index (χ4v) is 1.24. The number of hydrogen-bond donors (Lipinski definition) is 3. The Bertz CT molecular complexity index is 293. The number of hydrogen-bond acceptors (Lipinski definition) is 5. The van der Waals surface area contributed by atoms with Crippen LogP contribution in [0.5, 0.6) is 0 Å². The number of nitrogens with one attached hydrogen (secondary N) is 1. The Morgan fingerprint density at radius 3 is 3.07 bits per heavy atom. The van der Waals surface area contributed by atoms with E-state index in [9.17, 15) is 0 Å². The van der Waals surface area contributed by atoms with Gasteiger partial charge in [0.2, 0.25) is 0 Å². The molecule has 1 atom stereocenters. The second-order valence-corrected chi connectivity index (χ2v) is 3.68. The molecule has 0 aromatic carbocycles. The smallest absolute Gasteiger partial charge is 0.152 e. The lowest BCUT2D eigenvalue weighted by Gasteiger charge is -2.09. The molecule has 5 heteroatoms. The molecule has 1 unspecified atom stereocenters. The van der Waals surface area contributed by atoms with Crippen molar-refractivity contribution in [3.8, 4) is 0 Å². The summed E-state index contributed by atoms with van der Waals surface area (Å²) in [7, 11) is 0. The third kappa shape index (κ3) is 4.12. The molecular formula is C10H18N4O. The van der Waals surface area contributed by atoms with Crippen LogP contribution in [0.3, 0.4) is 0 Å². The first kappa shape index (κ1) is 11.7. The highest BCUT2D eigenvalue weighted by atomic mass is 16.3. The van der Waals surface area contributed by atoms with Crippen molar-refractivity contribution in [3.05, 3.63) is 12.5 Å². The van der Waals surface area contributed by atoms with Crippen LogP contribution in [0.25, 0.3) is 0 Å². The van der Waals surface area contributed by atoms with Gasteiger partial charge in [0.15, 0.2) is 5.82 Å². The summed E-state index contributed by atoms with van der Waals surface area (Å²) in [5.41, 5.74) is 6.22. The highest BCUT2D eigenvalue weighted by molar-refractivity contribution is 5.58. The highest BCUT2D eigenvalue weighted by Crippen LogP contribution is 2.12. The molecule has 0 aliphatic rings. The summed E-state index contributed by atoms with van der Waals surface area (Å²) in [6, 6.07) is 0. The van der Waals surface area contributed by atoms with Gasteiger partial charge in [-0.1, -0.05) is 6.92 Å². The number of anilines is 2.